The summed E-state index contributed by atoms with van der Waals surface area (Å²) in [6, 6.07) is 0. The van der Waals surface area contributed by atoms with Crippen LogP contribution in [0.4, 0.5) is 0 Å². The van der Waals surface area contributed by atoms with Crippen molar-refractivity contribution < 1.29 is 52.5 Å². The van der Waals surface area contributed by atoms with E-state index < -0.39 is 48.9 Å². The zero-order chi connectivity index (χ0) is 35.4. The molecule has 4 rings (SSSR count). The molecule has 0 radical (unpaired) electrons. The zero-order valence-electron chi connectivity index (χ0n) is 31.8. The van der Waals surface area contributed by atoms with Crippen LogP contribution in [0.25, 0.3) is 0 Å². The highest BCUT2D eigenvalue weighted by atomic mass is 16.8. The number of ether oxygens (including phenoxy) is 10. The van der Waals surface area contributed by atoms with Crippen LogP contribution in [0.15, 0.2) is 0 Å². The summed E-state index contributed by atoms with van der Waals surface area (Å²) in [4.78, 5) is 0. The van der Waals surface area contributed by atoms with Crippen molar-refractivity contribution in [3.05, 3.63) is 0 Å². The van der Waals surface area contributed by atoms with Gasteiger partial charge in [0.05, 0.1) is 24.9 Å². The van der Waals surface area contributed by atoms with Crippen molar-refractivity contribution >= 4 is 0 Å². The maximum Gasteiger partial charge on any atom is 0.187 e. The Labute approximate surface area is 296 Å². The van der Waals surface area contributed by atoms with Gasteiger partial charge in [0.2, 0.25) is 0 Å². The van der Waals surface area contributed by atoms with Gasteiger partial charge in [0, 0.05) is 26.4 Å². The van der Waals surface area contributed by atoms with Gasteiger partial charge in [-0.15, -0.1) is 0 Å². The second-order valence-electron chi connectivity index (χ2n) is 15.0. The lowest BCUT2D eigenvalue weighted by Gasteiger charge is -2.48. The molecule has 0 aromatic heterocycles. The fourth-order valence-electron chi connectivity index (χ4n) is 7.35. The summed E-state index contributed by atoms with van der Waals surface area (Å²) in [5, 5.41) is 11.5. The molecule has 3 saturated heterocycles. The molecule has 11 heteroatoms. The van der Waals surface area contributed by atoms with Crippen LogP contribution in [-0.4, -0.2) is 118 Å². The number of aliphatic hydroxyl groups is 1. The maximum absolute atomic E-state index is 11.5. The molecular formula is C38H70O11. The lowest BCUT2D eigenvalue weighted by Crippen LogP contribution is -2.62. The van der Waals surface area contributed by atoms with Crippen molar-refractivity contribution in [3.8, 4) is 0 Å². The van der Waals surface area contributed by atoms with E-state index in [0.717, 1.165) is 70.6 Å². The van der Waals surface area contributed by atoms with E-state index in [1.807, 2.05) is 20.8 Å². The smallest absolute Gasteiger partial charge is 0.187 e. The third-order valence-electron chi connectivity index (χ3n) is 10.2. The van der Waals surface area contributed by atoms with Crippen molar-refractivity contribution in [2.45, 2.75) is 205 Å². The number of fused-ring (bicyclic) bond motifs is 1. The molecule has 0 aromatic carbocycles. The van der Waals surface area contributed by atoms with E-state index in [1.165, 1.54) is 0 Å². The van der Waals surface area contributed by atoms with Crippen molar-refractivity contribution in [1.29, 1.82) is 0 Å². The lowest BCUT2D eigenvalue weighted by molar-refractivity contribution is -0.349. The Morgan fingerprint density at radius 2 is 1.24 bits per heavy atom. The van der Waals surface area contributed by atoms with Gasteiger partial charge in [0.15, 0.2) is 18.4 Å². The molecule has 1 saturated carbocycles. The van der Waals surface area contributed by atoms with Crippen LogP contribution in [-0.2, 0) is 47.4 Å². The minimum Gasteiger partial charge on any atom is -0.385 e. The summed E-state index contributed by atoms with van der Waals surface area (Å²) in [5.74, 6) is -0.671. The molecule has 3 heterocycles. The third-order valence-corrected chi connectivity index (χ3v) is 10.2. The molecule has 0 spiro atoms. The molecule has 11 nitrogen and oxygen atoms in total. The summed E-state index contributed by atoms with van der Waals surface area (Å²) >= 11 is 0. The minimum absolute atomic E-state index is 0.179. The first-order valence-corrected chi connectivity index (χ1v) is 19.7. The molecule has 4 fully saturated rings. The Kier molecular flexibility index (Phi) is 17.5. The van der Waals surface area contributed by atoms with E-state index in [0.29, 0.717) is 33.0 Å². The summed E-state index contributed by atoms with van der Waals surface area (Å²) in [6.07, 6.45) is 4.60. The molecule has 0 bridgehead atoms. The van der Waals surface area contributed by atoms with Gasteiger partial charge in [-0.2, -0.15) is 0 Å². The Morgan fingerprint density at radius 3 is 1.90 bits per heavy atom. The van der Waals surface area contributed by atoms with Crippen LogP contribution < -0.4 is 0 Å². The van der Waals surface area contributed by atoms with E-state index in [1.54, 1.807) is 0 Å². The Morgan fingerprint density at radius 1 is 0.653 bits per heavy atom. The van der Waals surface area contributed by atoms with Gasteiger partial charge in [-0.05, 0) is 65.2 Å². The summed E-state index contributed by atoms with van der Waals surface area (Å²) < 4.78 is 64.7. The quantitative estimate of drug-likeness (QED) is 0.136. The first kappa shape index (κ1) is 41.3. The molecule has 13 atom stereocenters. The molecule has 0 amide bonds. The lowest BCUT2D eigenvalue weighted by atomic mass is 9.85. The van der Waals surface area contributed by atoms with Crippen LogP contribution in [0.2, 0.25) is 0 Å². The van der Waals surface area contributed by atoms with Crippen molar-refractivity contribution in [3.63, 3.8) is 0 Å². The number of unbranched alkanes of at least 4 members (excludes halogenated alkanes) is 4. The van der Waals surface area contributed by atoms with Gasteiger partial charge in [0.25, 0.3) is 0 Å². The SMILES string of the molecule is CCCCOC[C@@H]1O[C@@H](O[C@@H]2CCCC(C)[C@H]2O[C@@H]2OC(C)[C@@H](OCCCC)C(OCCCC)[C@@H]2OCCCC)C(O)C2OC(C)(C)O[C@H]21. The fraction of sp³-hybridized carbons (Fsp3) is 1.00. The molecule has 0 aromatic rings. The van der Waals surface area contributed by atoms with Crippen LogP contribution in [0.3, 0.4) is 0 Å². The molecule has 288 valence electrons. The number of hydrogen-bond donors (Lipinski definition) is 1. The van der Waals surface area contributed by atoms with E-state index in [4.69, 9.17) is 47.4 Å². The zero-order valence-corrected chi connectivity index (χ0v) is 31.8. The molecule has 1 aliphatic carbocycles. The van der Waals surface area contributed by atoms with Crippen LogP contribution in [0, 0.1) is 5.92 Å². The second kappa shape index (κ2) is 20.7. The monoisotopic (exact) mass is 702 g/mol. The highest BCUT2D eigenvalue weighted by Gasteiger charge is 2.56. The normalized spacial score (nSPS) is 39.2. The third kappa shape index (κ3) is 11.5. The highest BCUT2D eigenvalue weighted by molar-refractivity contribution is 4.98. The summed E-state index contributed by atoms with van der Waals surface area (Å²) in [5.41, 5.74) is 0. The summed E-state index contributed by atoms with van der Waals surface area (Å²) in [7, 11) is 0. The first-order chi connectivity index (χ1) is 23.6. The van der Waals surface area contributed by atoms with Crippen molar-refractivity contribution in [1.82, 2.24) is 0 Å². The largest absolute Gasteiger partial charge is 0.385 e. The molecule has 3 aliphatic heterocycles. The maximum atomic E-state index is 11.5. The number of hydrogen-bond acceptors (Lipinski definition) is 11. The van der Waals surface area contributed by atoms with Gasteiger partial charge >= 0.3 is 0 Å². The molecular weight excluding hydrogens is 632 g/mol. The molecule has 1 N–H and O–H groups in total. The van der Waals surface area contributed by atoms with Crippen LogP contribution in [0.5, 0.6) is 0 Å². The first-order valence-electron chi connectivity index (χ1n) is 19.7. The molecule has 49 heavy (non-hydrogen) atoms. The van der Waals surface area contributed by atoms with Gasteiger partial charge in [0.1, 0.15) is 42.7 Å². The Balaban J connectivity index is 1.52. The van der Waals surface area contributed by atoms with E-state index in [2.05, 4.69) is 34.6 Å². The van der Waals surface area contributed by atoms with Crippen LogP contribution >= 0.6 is 0 Å². The summed E-state index contributed by atoms with van der Waals surface area (Å²) in [6.45, 7) is 19.4. The van der Waals surface area contributed by atoms with Crippen LogP contribution in [0.1, 0.15) is 126 Å². The van der Waals surface area contributed by atoms with E-state index in [-0.39, 0.29) is 36.4 Å². The van der Waals surface area contributed by atoms with Gasteiger partial charge in [-0.1, -0.05) is 66.7 Å². The average molecular weight is 703 g/mol. The molecule has 4 aliphatic rings. The predicted octanol–water partition coefficient (Wildman–Crippen LogP) is 6.30. The van der Waals surface area contributed by atoms with E-state index in [9.17, 15) is 5.11 Å². The van der Waals surface area contributed by atoms with Gasteiger partial charge in [-0.3, -0.25) is 0 Å². The van der Waals surface area contributed by atoms with Crippen molar-refractivity contribution in [2.24, 2.45) is 5.92 Å². The number of aliphatic hydroxyl groups excluding tert-OH is 1. The fourth-order valence-corrected chi connectivity index (χ4v) is 7.35. The molecule has 5 unspecified atom stereocenters. The van der Waals surface area contributed by atoms with Gasteiger partial charge in [-0.25, -0.2) is 0 Å². The standard InChI is InChI=1S/C38H70O11/c1-9-13-20-40-24-28-32-33(49-38(7,8)48-32)29(39)36(46-28)45-27-19-17-18-25(5)30(27)47-37-35(43-23-16-12-4)34(42-22-15-11-3)31(26(6)44-37)41-21-14-10-2/h25-37,39H,9-24H2,1-8H3/t25?,26?,27-,28+,29?,30-,31-,32+,33?,34?,35+,36-,37+/m1/s1. The van der Waals surface area contributed by atoms with E-state index >= 15 is 0 Å². The Bertz CT molecular complexity index is 907. The number of rotatable bonds is 21. The minimum atomic E-state index is -1.04. The van der Waals surface area contributed by atoms with Gasteiger partial charge < -0.3 is 52.5 Å². The average Bonchev–Trinajstić information content (AvgIpc) is 3.41. The predicted molar refractivity (Wildman–Crippen MR) is 185 cm³/mol. The highest BCUT2D eigenvalue weighted by Crippen LogP contribution is 2.40. The Hall–Kier alpha value is -0.440. The topological polar surface area (TPSA) is 113 Å². The van der Waals surface area contributed by atoms with Crippen molar-refractivity contribution in [2.75, 3.05) is 33.0 Å². The second-order valence-corrected chi connectivity index (χ2v) is 15.0.